The number of hydrogen-bond acceptors (Lipinski definition) is 1. The minimum absolute atomic E-state index is 0.117. The summed E-state index contributed by atoms with van der Waals surface area (Å²) in [6.45, 7) is 11.8. The first-order valence-electron chi connectivity index (χ1n) is 6.91. The predicted octanol–water partition coefficient (Wildman–Crippen LogP) is 3.44. The predicted molar refractivity (Wildman–Crippen MR) is 89.3 cm³/mol. The summed E-state index contributed by atoms with van der Waals surface area (Å²) in [5.74, 6) is 0.414. The molecule has 1 nitrogen and oxygen atoms in total. The van der Waals surface area contributed by atoms with E-state index < -0.39 is 5.60 Å². The van der Waals surface area contributed by atoms with Gasteiger partial charge >= 0.3 is 129 Å². The molecule has 1 aromatic carbocycles. The second kappa shape index (κ2) is 8.26. The molecule has 20 heavy (non-hydrogen) atoms. The van der Waals surface area contributed by atoms with E-state index in [2.05, 4.69) is 45.2 Å². The van der Waals surface area contributed by atoms with Gasteiger partial charge in [-0.3, -0.25) is 0 Å². The van der Waals surface area contributed by atoms with E-state index in [0.717, 1.165) is 4.47 Å². The molecule has 0 aromatic heterocycles. The SMILES string of the molecule is C=CCC(O)(CC=C)/C(=C\C(C)C)[Se]c1ccccc1. The Labute approximate surface area is 129 Å². The van der Waals surface area contributed by atoms with E-state index in [4.69, 9.17) is 0 Å². The molecule has 0 spiro atoms. The van der Waals surface area contributed by atoms with Crippen molar-refractivity contribution in [3.05, 3.63) is 66.2 Å². The van der Waals surface area contributed by atoms with Crippen LogP contribution in [0.15, 0.2) is 66.2 Å². The second-order valence-corrected chi connectivity index (χ2v) is 7.55. The Kier molecular flexibility index (Phi) is 7.01. The molecule has 2 heteroatoms. The third kappa shape index (κ3) is 5.13. The fourth-order valence-corrected chi connectivity index (χ4v) is 4.57. The van der Waals surface area contributed by atoms with Crippen molar-refractivity contribution in [2.45, 2.75) is 32.3 Å². The molecule has 0 radical (unpaired) electrons. The molecular weight excluding hydrogens is 311 g/mol. The zero-order valence-electron chi connectivity index (χ0n) is 12.4. The van der Waals surface area contributed by atoms with Crippen molar-refractivity contribution in [2.24, 2.45) is 5.92 Å². The van der Waals surface area contributed by atoms with E-state index in [9.17, 15) is 5.11 Å². The Bertz CT molecular complexity index is 450. The normalized spacial score (nSPS) is 12.5. The van der Waals surface area contributed by atoms with Crippen molar-refractivity contribution in [3.8, 4) is 0 Å². The third-order valence-electron chi connectivity index (χ3n) is 2.88. The summed E-state index contributed by atoms with van der Waals surface area (Å²) < 4.78 is 2.39. The van der Waals surface area contributed by atoms with Gasteiger partial charge in [0.05, 0.1) is 0 Å². The van der Waals surface area contributed by atoms with Crippen LogP contribution in [0.25, 0.3) is 0 Å². The van der Waals surface area contributed by atoms with Gasteiger partial charge in [0.15, 0.2) is 0 Å². The Morgan fingerprint density at radius 1 is 1.20 bits per heavy atom. The molecule has 0 heterocycles. The van der Waals surface area contributed by atoms with E-state index in [0.29, 0.717) is 18.8 Å². The molecular formula is C18H24OSe. The summed E-state index contributed by atoms with van der Waals surface area (Å²) in [6.07, 6.45) is 6.90. The molecule has 1 N–H and O–H groups in total. The van der Waals surface area contributed by atoms with Crippen molar-refractivity contribution in [1.82, 2.24) is 0 Å². The fraction of sp³-hybridized carbons (Fsp3) is 0.333. The van der Waals surface area contributed by atoms with Crippen molar-refractivity contribution in [2.75, 3.05) is 0 Å². The van der Waals surface area contributed by atoms with Crippen molar-refractivity contribution in [3.63, 3.8) is 0 Å². The first-order chi connectivity index (χ1) is 9.51. The summed E-state index contributed by atoms with van der Waals surface area (Å²) in [4.78, 5) is 0. The average molecular weight is 335 g/mol. The Morgan fingerprint density at radius 3 is 2.20 bits per heavy atom. The first kappa shape index (κ1) is 17.0. The second-order valence-electron chi connectivity index (χ2n) is 5.21. The summed E-state index contributed by atoms with van der Waals surface area (Å²) in [5.41, 5.74) is -0.844. The average Bonchev–Trinajstić information content (AvgIpc) is 2.39. The van der Waals surface area contributed by atoms with Crippen molar-refractivity contribution < 1.29 is 5.11 Å². The minimum atomic E-state index is -0.844. The summed E-state index contributed by atoms with van der Waals surface area (Å²) >= 11 is 0.117. The summed E-state index contributed by atoms with van der Waals surface area (Å²) in [5, 5.41) is 11.0. The van der Waals surface area contributed by atoms with E-state index >= 15 is 0 Å². The fourth-order valence-electron chi connectivity index (χ4n) is 1.96. The summed E-state index contributed by atoms with van der Waals surface area (Å²) in [6, 6.07) is 10.4. The quantitative estimate of drug-likeness (QED) is 0.570. The molecule has 0 amide bonds. The number of rotatable bonds is 8. The van der Waals surface area contributed by atoms with Gasteiger partial charge in [-0.15, -0.1) is 0 Å². The van der Waals surface area contributed by atoms with Crippen LogP contribution in [0.1, 0.15) is 26.7 Å². The molecule has 1 aromatic rings. The van der Waals surface area contributed by atoms with Gasteiger partial charge < -0.3 is 0 Å². The zero-order chi connectivity index (χ0) is 15.0. The number of benzene rings is 1. The van der Waals surface area contributed by atoms with Gasteiger partial charge in [-0.1, -0.05) is 0 Å². The van der Waals surface area contributed by atoms with Gasteiger partial charge in [0.2, 0.25) is 0 Å². The van der Waals surface area contributed by atoms with Gasteiger partial charge in [0.1, 0.15) is 0 Å². The molecule has 0 aliphatic carbocycles. The molecule has 0 saturated carbocycles. The van der Waals surface area contributed by atoms with Gasteiger partial charge in [0, 0.05) is 0 Å². The van der Waals surface area contributed by atoms with Crippen LogP contribution in [0.2, 0.25) is 0 Å². The van der Waals surface area contributed by atoms with Crippen LogP contribution >= 0.6 is 0 Å². The molecule has 0 fully saturated rings. The third-order valence-corrected chi connectivity index (χ3v) is 5.49. The molecule has 0 saturated heterocycles. The Balaban J connectivity index is 3.10. The molecule has 1 rings (SSSR count). The Hall–Kier alpha value is -1.08. The van der Waals surface area contributed by atoms with Crippen LogP contribution in [-0.4, -0.2) is 25.7 Å². The van der Waals surface area contributed by atoms with Gasteiger partial charge in [-0.05, 0) is 0 Å². The zero-order valence-corrected chi connectivity index (χ0v) is 14.1. The monoisotopic (exact) mass is 336 g/mol. The van der Waals surface area contributed by atoms with Gasteiger partial charge in [0.25, 0.3) is 0 Å². The molecule has 0 unspecified atom stereocenters. The van der Waals surface area contributed by atoms with E-state index in [1.807, 2.05) is 18.2 Å². The van der Waals surface area contributed by atoms with Crippen LogP contribution in [0, 0.1) is 5.92 Å². The van der Waals surface area contributed by atoms with Gasteiger partial charge in [-0.25, -0.2) is 0 Å². The van der Waals surface area contributed by atoms with Crippen LogP contribution in [0.5, 0.6) is 0 Å². The van der Waals surface area contributed by atoms with Crippen molar-refractivity contribution >= 4 is 19.4 Å². The number of aliphatic hydroxyl groups is 1. The summed E-state index contributed by atoms with van der Waals surface area (Å²) in [7, 11) is 0. The van der Waals surface area contributed by atoms with Crippen LogP contribution in [-0.2, 0) is 0 Å². The van der Waals surface area contributed by atoms with E-state index in [-0.39, 0.29) is 15.0 Å². The van der Waals surface area contributed by atoms with Crippen LogP contribution in [0.3, 0.4) is 0 Å². The number of allylic oxidation sites excluding steroid dienone is 1. The van der Waals surface area contributed by atoms with Crippen LogP contribution < -0.4 is 4.46 Å². The Morgan fingerprint density at radius 2 is 1.75 bits per heavy atom. The topological polar surface area (TPSA) is 20.2 Å². The first-order valence-corrected chi connectivity index (χ1v) is 8.62. The molecule has 0 aliphatic heterocycles. The maximum atomic E-state index is 11.0. The van der Waals surface area contributed by atoms with Crippen LogP contribution in [0.4, 0.5) is 0 Å². The van der Waals surface area contributed by atoms with Gasteiger partial charge in [-0.2, -0.15) is 0 Å². The molecule has 0 atom stereocenters. The van der Waals surface area contributed by atoms with E-state index in [1.165, 1.54) is 4.46 Å². The standard InChI is InChI=1S/C18H24OSe/c1-5-12-18(19,13-6-2)17(14-15(3)4)20-16-10-8-7-9-11-16/h5-11,14-15,19H,1-2,12-13H2,3-4H3/b17-14+. The molecule has 0 bridgehead atoms. The van der Waals surface area contributed by atoms with E-state index in [1.54, 1.807) is 12.2 Å². The maximum absolute atomic E-state index is 11.0. The molecule has 0 aliphatic rings. The number of hydrogen-bond donors (Lipinski definition) is 1. The van der Waals surface area contributed by atoms with Crippen molar-refractivity contribution in [1.29, 1.82) is 0 Å². The molecule has 108 valence electrons.